The molecule has 158 valence electrons. The minimum Gasteiger partial charge on any atom is -0.493 e. The molecule has 0 spiro atoms. The van der Waals surface area contributed by atoms with Gasteiger partial charge in [0, 0.05) is 24.8 Å². The lowest BCUT2D eigenvalue weighted by atomic mass is 10.2. The molecule has 0 unspecified atom stereocenters. The summed E-state index contributed by atoms with van der Waals surface area (Å²) in [5.74, 6) is 0.200. The number of rotatable bonds is 9. The topological polar surface area (TPSA) is 133 Å². The molecule has 2 heterocycles. The van der Waals surface area contributed by atoms with Crippen LogP contribution in [0, 0.1) is 0 Å². The average molecular weight is 435 g/mol. The largest absolute Gasteiger partial charge is 0.493 e. The first kappa shape index (κ1) is 21.1. The van der Waals surface area contributed by atoms with E-state index in [9.17, 15) is 9.59 Å². The van der Waals surface area contributed by atoms with Crippen molar-refractivity contribution in [3.8, 4) is 11.5 Å². The minimum atomic E-state index is -0.549. The fourth-order valence-corrected chi connectivity index (χ4v) is 2.64. The summed E-state index contributed by atoms with van der Waals surface area (Å²) in [6.45, 7) is 0.584. The lowest BCUT2D eigenvalue weighted by Crippen LogP contribution is -2.34. The van der Waals surface area contributed by atoms with Crippen molar-refractivity contribution in [2.45, 2.75) is 6.54 Å². The lowest BCUT2D eigenvalue weighted by Gasteiger charge is -2.10. The van der Waals surface area contributed by atoms with Gasteiger partial charge in [-0.3, -0.25) is 14.3 Å². The van der Waals surface area contributed by atoms with E-state index in [0.717, 1.165) is 0 Å². The van der Waals surface area contributed by atoms with E-state index in [4.69, 9.17) is 25.6 Å². The molecule has 2 amide bonds. The van der Waals surface area contributed by atoms with Gasteiger partial charge in [0.1, 0.15) is 6.54 Å². The summed E-state index contributed by atoms with van der Waals surface area (Å²) in [7, 11) is 3.00. The Morgan fingerprint density at radius 2 is 1.87 bits per heavy atom. The van der Waals surface area contributed by atoms with Crippen LogP contribution < -0.4 is 20.1 Å². The third kappa shape index (κ3) is 5.26. The van der Waals surface area contributed by atoms with E-state index in [-0.39, 0.29) is 37.3 Å². The van der Waals surface area contributed by atoms with Crippen LogP contribution in [0.4, 0.5) is 0 Å². The van der Waals surface area contributed by atoms with E-state index in [0.29, 0.717) is 22.1 Å². The Labute approximate surface area is 176 Å². The number of hydrogen-bond acceptors (Lipinski definition) is 8. The van der Waals surface area contributed by atoms with Gasteiger partial charge >= 0.3 is 11.8 Å². The molecule has 2 aromatic heterocycles. The lowest BCUT2D eigenvalue weighted by molar-refractivity contribution is 0.0898. The monoisotopic (exact) mass is 434 g/mol. The predicted molar refractivity (Wildman–Crippen MR) is 105 cm³/mol. The first-order valence-electron chi connectivity index (χ1n) is 8.79. The molecule has 12 heteroatoms. The highest BCUT2D eigenvalue weighted by molar-refractivity contribution is 6.30. The maximum absolute atomic E-state index is 12.2. The maximum atomic E-state index is 12.2. The van der Waals surface area contributed by atoms with Gasteiger partial charge in [-0.1, -0.05) is 16.8 Å². The number of halogens is 1. The molecule has 0 atom stereocenters. The molecule has 0 bridgehead atoms. The molecular formula is C18H19ClN6O5. The van der Waals surface area contributed by atoms with Crippen molar-refractivity contribution in [1.29, 1.82) is 0 Å². The van der Waals surface area contributed by atoms with E-state index >= 15 is 0 Å². The van der Waals surface area contributed by atoms with Crippen LogP contribution in [0.15, 0.2) is 35.1 Å². The maximum Gasteiger partial charge on any atom is 0.316 e. The van der Waals surface area contributed by atoms with Crippen molar-refractivity contribution in [3.63, 3.8) is 0 Å². The SMILES string of the molecule is COc1ccc(C(=O)NCCNC(=O)c2nc(Cn3cc(Cl)cn3)no2)cc1OC. The van der Waals surface area contributed by atoms with Crippen LogP contribution in [-0.2, 0) is 6.54 Å². The second kappa shape index (κ2) is 9.74. The van der Waals surface area contributed by atoms with Crippen molar-refractivity contribution in [2.24, 2.45) is 0 Å². The van der Waals surface area contributed by atoms with Crippen molar-refractivity contribution >= 4 is 23.4 Å². The van der Waals surface area contributed by atoms with Crippen LogP contribution in [0.5, 0.6) is 11.5 Å². The summed E-state index contributed by atoms with van der Waals surface area (Å²) in [6.07, 6.45) is 3.07. The van der Waals surface area contributed by atoms with Gasteiger partial charge in [0.2, 0.25) is 0 Å². The number of nitrogens with zero attached hydrogens (tertiary/aromatic N) is 4. The predicted octanol–water partition coefficient (Wildman–Crippen LogP) is 1.14. The zero-order valence-electron chi connectivity index (χ0n) is 16.2. The van der Waals surface area contributed by atoms with Gasteiger partial charge in [-0.05, 0) is 18.2 Å². The van der Waals surface area contributed by atoms with Crippen molar-refractivity contribution in [3.05, 3.63) is 52.9 Å². The number of amides is 2. The number of benzene rings is 1. The average Bonchev–Trinajstić information content (AvgIpc) is 3.39. The molecule has 2 N–H and O–H groups in total. The number of carbonyl (C=O) groups excluding carboxylic acids is 2. The Morgan fingerprint density at radius 3 is 2.53 bits per heavy atom. The van der Waals surface area contributed by atoms with Crippen LogP contribution in [0.25, 0.3) is 0 Å². The fourth-order valence-electron chi connectivity index (χ4n) is 2.49. The fraction of sp³-hybridized carbons (Fsp3) is 0.278. The number of methoxy groups -OCH3 is 2. The highest BCUT2D eigenvalue weighted by Gasteiger charge is 2.16. The van der Waals surface area contributed by atoms with Gasteiger partial charge in [0.25, 0.3) is 5.91 Å². The molecule has 0 aliphatic rings. The Bertz CT molecular complexity index is 1030. The van der Waals surface area contributed by atoms with Crippen LogP contribution in [0.3, 0.4) is 0 Å². The normalized spacial score (nSPS) is 10.5. The van der Waals surface area contributed by atoms with E-state index in [1.165, 1.54) is 25.1 Å². The van der Waals surface area contributed by atoms with Crippen LogP contribution >= 0.6 is 11.6 Å². The molecule has 11 nitrogen and oxygen atoms in total. The summed E-state index contributed by atoms with van der Waals surface area (Å²) in [6, 6.07) is 4.82. The quantitative estimate of drug-likeness (QED) is 0.479. The second-order valence-corrected chi connectivity index (χ2v) is 6.39. The van der Waals surface area contributed by atoms with E-state index in [1.807, 2.05) is 0 Å². The van der Waals surface area contributed by atoms with Crippen LogP contribution in [-0.4, -0.2) is 59.0 Å². The van der Waals surface area contributed by atoms with Crippen LogP contribution in [0.2, 0.25) is 5.02 Å². The Morgan fingerprint density at radius 1 is 1.13 bits per heavy atom. The van der Waals surface area contributed by atoms with E-state index < -0.39 is 5.91 Å². The Balaban J connectivity index is 1.45. The van der Waals surface area contributed by atoms with Crippen molar-refractivity contribution in [1.82, 2.24) is 30.6 Å². The molecular weight excluding hydrogens is 416 g/mol. The summed E-state index contributed by atoms with van der Waals surface area (Å²) in [5.41, 5.74) is 0.402. The summed E-state index contributed by atoms with van der Waals surface area (Å²) in [4.78, 5) is 28.3. The molecule has 0 saturated carbocycles. The van der Waals surface area contributed by atoms with Gasteiger partial charge in [-0.25, -0.2) is 0 Å². The van der Waals surface area contributed by atoms with E-state index in [2.05, 4.69) is 25.9 Å². The molecule has 1 aromatic carbocycles. The highest BCUT2D eigenvalue weighted by atomic mass is 35.5. The summed E-state index contributed by atoms with van der Waals surface area (Å²) >= 11 is 5.79. The number of hydrogen-bond donors (Lipinski definition) is 2. The summed E-state index contributed by atoms with van der Waals surface area (Å²) < 4.78 is 16.8. The number of aromatic nitrogens is 4. The van der Waals surface area contributed by atoms with Gasteiger partial charge < -0.3 is 24.6 Å². The molecule has 0 aliphatic carbocycles. The summed E-state index contributed by atoms with van der Waals surface area (Å²) in [5, 5.41) is 13.5. The zero-order chi connectivity index (χ0) is 21.5. The van der Waals surface area contributed by atoms with Gasteiger partial charge in [-0.15, -0.1) is 0 Å². The number of ether oxygens (including phenoxy) is 2. The minimum absolute atomic E-state index is 0.171. The van der Waals surface area contributed by atoms with Gasteiger partial charge in [0.15, 0.2) is 17.3 Å². The van der Waals surface area contributed by atoms with Gasteiger partial charge in [0.05, 0.1) is 25.4 Å². The standard InChI is InChI=1S/C18H19ClN6O5/c1-28-13-4-3-11(7-14(13)29-2)16(26)20-5-6-21-17(27)18-23-15(24-30-18)10-25-9-12(19)8-22-25/h3-4,7-9H,5-6,10H2,1-2H3,(H,20,26)(H,21,27). The Hall–Kier alpha value is -3.60. The highest BCUT2D eigenvalue weighted by Crippen LogP contribution is 2.27. The van der Waals surface area contributed by atoms with Crippen molar-refractivity contribution < 1.29 is 23.6 Å². The van der Waals surface area contributed by atoms with Crippen molar-refractivity contribution in [2.75, 3.05) is 27.3 Å². The first-order valence-corrected chi connectivity index (χ1v) is 9.17. The molecule has 0 saturated heterocycles. The molecule has 0 fully saturated rings. The van der Waals surface area contributed by atoms with Crippen LogP contribution in [0.1, 0.15) is 26.9 Å². The van der Waals surface area contributed by atoms with Gasteiger partial charge in [-0.2, -0.15) is 10.1 Å². The Kier molecular flexibility index (Phi) is 6.86. The molecule has 3 aromatic rings. The first-order chi connectivity index (χ1) is 14.5. The molecule has 3 rings (SSSR count). The zero-order valence-corrected chi connectivity index (χ0v) is 17.0. The third-order valence-electron chi connectivity index (χ3n) is 3.91. The molecule has 0 aliphatic heterocycles. The molecule has 30 heavy (non-hydrogen) atoms. The molecule has 0 radical (unpaired) electrons. The third-order valence-corrected chi connectivity index (χ3v) is 4.10. The second-order valence-electron chi connectivity index (χ2n) is 5.95. The smallest absolute Gasteiger partial charge is 0.316 e. The number of nitrogens with one attached hydrogen (secondary N) is 2. The van der Waals surface area contributed by atoms with E-state index in [1.54, 1.807) is 24.4 Å². The number of carbonyl (C=O) groups is 2.